The van der Waals surface area contributed by atoms with Crippen molar-refractivity contribution in [1.82, 2.24) is 19.2 Å². The van der Waals surface area contributed by atoms with Crippen molar-refractivity contribution >= 4 is 27.4 Å². The lowest BCUT2D eigenvalue weighted by atomic mass is 10.1. The minimum atomic E-state index is -4.30. The van der Waals surface area contributed by atoms with Crippen molar-refractivity contribution in [1.29, 1.82) is 0 Å². The number of aromatic nitrogens is 4. The number of nitrogens with one attached hydrogen (secondary N) is 1. The number of benzene rings is 1. The maximum atomic E-state index is 13.0. The van der Waals surface area contributed by atoms with Crippen molar-refractivity contribution in [2.24, 2.45) is 0 Å². The SMILES string of the molecule is Cc1ccc(S(=O)(=O)n2nc(Nc3cncc(C4CCC(=O)C4)n3)cc2OC(F)F)cc1. The van der Waals surface area contributed by atoms with E-state index in [1.807, 2.05) is 0 Å². The largest absolute Gasteiger partial charge is 0.416 e. The van der Waals surface area contributed by atoms with Crippen LogP contribution < -0.4 is 10.1 Å². The van der Waals surface area contributed by atoms with Gasteiger partial charge in [0.05, 0.1) is 16.8 Å². The zero-order valence-electron chi connectivity index (χ0n) is 16.9. The Hall–Kier alpha value is -3.41. The Morgan fingerprint density at radius 2 is 1.94 bits per heavy atom. The van der Waals surface area contributed by atoms with Gasteiger partial charge in [0.1, 0.15) is 11.6 Å². The van der Waals surface area contributed by atoms with Gasteiger partial charge in [0.25, 0.3) is 10.0 Å². The Kier molecular flexibility index (Phi) is 5.87. The summed E-state index contributed by atoms with van der Waals surface area (Å²) in [5.41, 5.74) is 1.44. The van der Waals surface area contributed by atoms with Crippen LogP contribution in [-0.4, -0.2) is 40.0 Å². The van der Waals surface area contributed by atoms with Crippen LogP contribution in [0.25, 0.3) is 0 Å². The lowest BCUT2D eigenvalue weighted by Gasteiger charge is -2.09. The Morgan fingerprint density at radius 1 is 1.19 bits per heavy atom. The standard InChI is InChI=1S/C20H19F2N5O4S/c1-12-2-6-15(7-3-12)32(29,30)27-19(31-20(21)22)9-17(26-27)25-18-11-23-10-16(24-18)13-4-5-14(28)8-13/h2-3,6-7,9-11,13,20H,4-5,8H2,1H3,(H,24,25,26). The molecule has 1 N–H and O–H groups in total. The summed E-state index contributed by atoms with van der Waals surface area (Å²) in [7, 11) is -4.30. The fourth-order valence-corrected chi connectivity index (χ4v) is 4.61. The van der Waals surface area contributed by atoms with E-state index in [9.17, 15) is 22.0 Å². The molecule has 9 nitrogen and oxygen atoms in total. The summed E-state index contributed by atoms with van der Waals surface area (Å²) in [4.78, 5) is 19.9. The molecule has 1 fully saturated rings. The summed E-state index contributed by atoms with van der Waals surface area (Å²) in [5, 5.41) is 6.67. The van der Waals surface area contributed by atoms with E-state index in [4.69, 9.17) is 0 Å². The van der Waals surface area contributed by atoms with E-state index < -0.39 is 22.5 Å². The average Bonchev–Trinajstić information content (AvgIpc) is 3.34. The van der Waals surface area contributed by atoms with Gasteiger partial charge in [-0.3, -0.25) is 9.78 Å². The number of alkyl halides is 2. The third-order valence-electron chi connectivity index (χ3n) is 4.98. The minimum absolute atomic E-state index is 0.0473. The quantitative estimate of drug-likeness (QED) is 0.567. The Bertz CT molecular complexity index is 1250. The van der Waals surface area contributed by atoms with E-state index >= 15 is 0 Å². The fraction of sp³-hybridized carbons (Fsp3) is 0.300. The lowest BCUT2D eigenvalue weighted by Crippen LogP contribution is -2.18. The average molecular weight is 463 g/mol. The molecule has 1 unspecified atom stereocenters. The van der Waals surface area contributed by atoms with E-state index in [2.05, 4.69) is 25.1 Å². The Morgan fingerprint density at radius 3 is 2.59 bits per heavy atom. The van der Waals surface area contributed by atoms with Crippen molar-refractivity contribution in [2.45, 2.75) is 43.6 Å². The van der Waals surface area contributed by atoms with Gasteiger partial charge in [-0.15, -0.1) is 9.19 Å². The summed E-state index contributed by atoms with van der Waals surface area (Å²) >= 11 is 0. The Labute approximate surface area is 182 Å². The molecule has 4 rings (SSSR count). The van der Waals surface area contributed by atoms with Gasteiger partial charge < -0.3 is 10.1 Å². The van der Waals surface area contributed by atoms with E-state index in [1.54, 1.807) is 25.3 Å². The normalized spacial score (nSPS) is 16.5. The fourth-order valence-electron chi connectivity index (χ4n) is 3.40. The van der Waals surface area contributed by atoms with Crippen LogP contribution in [0.15, 0.2) is 47.6 Å². The van der Waals surface area contributed by atoms with Crippen LogP contribution >= 0.6 is 0 Å². The molecule has 1 saturated carbocycles. The number of ether oxygens (including phenoxy) is 1. The van der Waals surface area contributed by atoms with Crippen molar-refractivity contribution in [2.75, 3.05) is 5.32 Å². The van der Waals surface area contributed by atoms with Gasteiger partial charge in [-0.2, -0.15) is 17.2 Å². The molecule has 1 aromatic carbocycles. The second-order valence-electron chi connectivity index (χ2n) is 7.34. The highest BCUT2D eigenvalue weighted by atomic mass is 32.2. The third kappa shape index (κ3) is 4.59. The van der Waals surface area contributed by atoms with Crippen molar-refractivity contribution in [3.63, 3.8) is 0 Å². The van der Waals surface area contributed by atoms with Gasteiger partial charge in [0, 0.05) is 31.0 Å². The molecular weight excluding hydrogens is 444 g/mol. The number of rotatable bonds is 7. The summed E-state index contributed by atoms with van der Waals surface area (Å²) in [6, 6.07) is 6.90. The van der Waals surface area contributed by atoms with Gasteiger partial charge in [0.2, 0.25) is 5.88 Å². The third-order valence-corrected chi connectivity index (χ3v) is 6.56. The lowest BCUT2D eigenvalue weighted by molar-refractivity contribution is -0.117. The number of aryl methyl sites for hydroxylation is 1. The minimum Gasteiger partial charge on any atom is -0.416 e. The molecule has 0 amide bonds. The molecule has 1 aliphatic rings. The van der Waals surface area contributed by atoms with E-state index in [0.29, 0.717) is 29.0 Å². The molecule has 0 bridgehead atoms. The van der Waals surface area contributed by atoms with E-state index in [-0.39, 0.29) is 28.2 Å². The molecule has 1 atom stereocenters. The molecule has 2 aromatic heterocycles. The van der Waals surface area contributed by atoms with Crippen LogP contribution in [0, 0.1) is 6.92 Å². The first-order chi connectivity index (χ1) is 15.2. The van der Waals surface area contributed by atoms with Crippen molar-refractivity contribution in [3.8, 4) is 5.88 Å². The first-order valence-electron chi connectivity index (χ1n) is 9.70. The molecule has 168 valence electrons. The number of nitrogens with zero attached hydrogens (tertiary/aromatic N) is 4. The number of anilines is 2. The zero-order chi connectivity index (χ0) is 22.9. The van der Waals surface area contributed by atoms with Crippen molar-refractivity contribution < 1.29 is 26.7 Å². The highest BCUT2D eigenvalue weighted by Crippen LogP contribution is 2.31. The smallest absolute Gasteiger partial charge is 0.388 e. The number of ketones is 1. The van der Waals surface area contributed by atoms with Crippen LogP contribution in [-0.2, 0) is 14.8 Å². The summed E-state index contributed by atoms with van der Waals surface area (Å²) in [5.74, 6) is -0.403. The number of carbonyl (C=O) groups is 1. The highest BCUT2D eigenvalue weighted by molar-refractivity contribution is 7.90. The molecule has 0 spiro atoms. The second kappa shape index (κ2) is 8.61. The van der Waals surface area contributed by atoms with Gasteiger partial charge in [-0.25, -0.2) is 4.98 Å². The number of hydrogen-bond acceptors (Lipinski definition) is 8. The molecule has 0 aliphatic heterocycles. The van der Waals surface area contributed by atoms with Gasteiger partial charge in [0.15, 0.2) is 5.82 Å². The summed E-state index contributed by atoms with van der Waals surface area (Å²) in [6.45, 7) is -1.47. The molecule has 3 aromatic rings. The molecule has 1 aliphatic carbocycles. The van der Waals surface area contributed by atoms with E-state index in [1.165, 1.54) is 18.3 Å². The van der Waals surface area contributed by atoms with Crippen LogP contribution in [0.4, 0.5) is 20.4 Å². The highest BCUT2D eigenvalue weighted by Gasteiger charge is 2.27. The van der Waals surface area contributed by atoms with Crippen molar-refractivity contribution in [3.05, 3.63) is 54.0 Å². The van der Waals surface area contributed by atoms with Gasteiger partial charge >= 0.3 is 6.61 Å². The Balaban J connectivity index is 1.65. The van der Waals surface area contributed by atoms with Gasteiger partial charge in [-0.1, -0.05) is 17.7 Å². The van der Waals surface area contributed by atoms with Crippen LogP contribution in [0.3, 0.4) is 0 Å². The number of carbonyl (C=O) groups excluding carboxylic acids is 1. The number of halogens is 2. The predicted molar refractivity (Wildman–Crippen MR) is 110 cm³/mol. The maximum Gasteiger partial charge on any atom is 0.388 e. The number of Topliss-reactive ketones (excluding diaryl/α,β-unsaturated/α-hetero) is 1. The summed E-state index contributed by atoms with van der Waals surface area (Å²) in [6.07, 6.45) is 4.47. The van der Waals surface area contributed by atoms with Crippen LogP contribution in [0.2, 0.25) is 0 Å². The van der Waals surface area contributed by atoms with Crippen LogP contribution in [0.5, 0.6) is 5.88 Å². The van der Waals surface area contributed by atoms with E-state index in [0.717, 1.165) is 11.6 Å². The zero-order valence-corrected chi connectivity index (χ0v) is 17.7. The molecule has 12 heteroatoms. The molecule has 32 heavy (non-hydrogen) atoms. The molecule has 0 saturated heterocycles. The molecular formula is C20H19F2N5O4S. The molecule has 2 heterocycles. The monoisotopic (exact) mass is 463 g/mol. The second-order valence-corrected chi connectivity index (χ2v) is 9.11. The first kappa shape index (κ1) is 21.8. The molecule has 0 radical (unpaired) electrons. The topological polar surface area (TPSA) is 116 Å². The summed E-state index contributed by atoms with van der Waals surface area (Å²) < 4.78 is 56.5. The van der Waals surface area contributed by atoms with Crippen LogP contribution in [0.1, 0.15) is 36.4 Å². The number of hydrogen-bond donors (Lipinski definition) is 1. The van der Waals surface area contributed by atoms with Gasteiger partial charge in [-0.05, 0) is 25.5 Å². The maximum absolute atomic E-state index is 13.0. The predicted octanol–water partition coefficient (Wildman–Crippen LogP) is 3.40. The first-order valence-corrected chi connectivity index (χ1v) is 11.1.